The molecule has 8 amide bonds. The molecule has 1 aromatic heterocycles. The number of carboxylic acid groups (broad SMARTS) is 2. The highest BCUT2D eigenvalue weighted by atomic mass is 35.5. The van der Waals surface area contributed by atoms with E-state index >= 15 is 0 Å². The first-order chi connectivity index (χ1) is 42.5. The van der Waals surface area contributed by atoms with Gasteiger partial charge in [0, 0.05) is 92.9 Å². The zero-order chi connectivity index (χ0) is 66.7. The Labute approximate surface area is 529 Å². The zero-order valence-corrected chi connectivity index (χ0v) is 52.9. The van der Waals surface area contributed by atoms with E-state index in [-0.39, 0.29) is 74.4 Å². The molecular weight excluding hydrogens is 1210 g/mol. The van der Waals surface area contributed by atoms with Gasteiger partial charge in [0.1, 0.15) is 28.7 Å². The number of hydrogen-bond donors (Lipinski definition) is 11. The number of ketones is 5. The van der Waals surface area contributed by atoms with E-state index in [1.165, 1.54) is 13.8 Å². The summed E-state index contributed by atoms with van der Waals surface area (Å²) in [5, 5.41) is 48.2. The maximum atomic E-state index is 14.8. The highest BCUT2D eigenvalue weighted by Gasteiger charge is 2.44. The van der Waals surface area contributed by atoms with E-state index in [0.717, 1.165) is 16.7 Å². The number of amides is 8. The van der Waals surface area contributed by atoms with Gasteiger partial charge in [-0.15, -0.1) is 11.8 Å². The quantitative estimate of drug-likeness (QED) is 0.0551. The number of hydrogen-bond acceptors (Lipinski definition) is 17. The van der Waals surface area contributed by atoms with Gasteiger partial charge in [0.25, 0.3) is 5.91 Å². The predicted octanol–water partition coefficient (Wildman–Crippen LogP) is 1.25. The Morgan fingerprint density at radius 2 is 1.40 bits per heavy atom. The Bertz CT molecular complexity index is 3150. The van der Waals surface area contributed by atoms with Crippen LogP contribution in [-0.2, 0) is 84.8 Å². The zero-order valence-electron chi connectivity index (χ0n) is 51.3. The second-order valence-corrected chi connectivity index (χ2v) is 24.9. The molecule has 5 rings (SSSR count). The molecule has 2 bridgehead atoms. The third kappa shape index (κ3) is 21.1. The van der Waals surface area contributed by atoms with Crippen molar-refractivity contribution in [1.29, 1.82) is 0 Å². The Morgan fingerprint density at radius 1 is 0.756 bits per heavy atom. The number of Topliss-reactive ketones (excluding diaryl/α,β-unsaturated/α-hetero) is 5. The summed E-state index contributed by atoms with van der Waals surface area (Å²) in [5.41, 5.74) is 0.928. The molecule has 3 aliphatic rings. The highest BCUT2D eigenvalue weighted by molar-refractivity contribution is 7.99. The number of aliphatic carboxylic acids is 2. The number of rotatable bonds is 23. The lowest BCUT2D eigenvalue weighted by molar-refractivity contribution is -0.148. The van der Waals surface area contributed by atoms with Crippen LogP contribution in [0.5, 0.6) is 0 Å². The first-order valence-electron chi connectivity index (χ1n) is 30.2. The van der Waals surface area contributed by atoms with Gasteiger partial charge in [0.2, 0.25) is 41.4 Å². The van der Waals surface area contributed by atoms with Crippen LogP contribution in [-0.4, -0.2) is 182 Å². The molecule has 0 saturated carbocycles. The average molecular weight is 1300 g/mol. The fraction of sp³-hybridized carbons (Fsp3) is 0.590. The van der Waals surface area contributed by atoms with Crippen LogP contribution < -0.4 is 37.2 Å². The number of benzene rings is 1. The minimum atomic E-state index is -1.61. The van der Waals surface area contributed by atoms with Crippen molar-refractivity contribution < 1.29 is 87.2 Å². The van der Waals surface area contributed by atoms with E-state index in [2.05, 4.69) is 42.2 Å². The SMILES string of the molecule is CCC(C)[C@@H]1NC(=O)[C@@H]2C[C@@H](O)CN2C(=O)[C@H](CC(=O)O)CC(=O)[C@@H]2CSc3[nH]c4ccc(CC(=O)CNC(=O)C(C)CC(=O)CCCCC(=O)CCNC(=O)/C(Cl)=C(/C)C(=O)O)cc4c3C[C@H](CC1=O)C(=O)NCC(=O)N[C@@H]([C@@H](C)CC)C(=O)NCC(=O)N2. The predicted molar refractivity (Wildman–Crippen MR) is 326 cm³/mol. The maximum absolute atomic E-state index is 14.8. The lowest BCUT2D eigenvalue weighted by Crippen LogP contribution is -2.55. The van der Waals surface area contributed by atoms with Crippen LogP contribution >= 0.6 is 23.4 Å². The van der Waals surface area contributed by atoms with Crippen molar-refractivity contribution in [2.75, 3.05) is 38.5 Å². The summed E-state index contributed by atoms with van der Waals surface area (Å²) in [4.78, 5) is 206. The molecule has 2 aromatic rings. The molecule has 27 nitrogen and oxygen atoms in total. The van der Waals surface area contributed by atoms with Crippen LogP contribution in [0.1, 0.15) is 130 Å². The van der Waals surface area contributed by atoms with Crippen LogP contribution in [0.2, 0.25) is 0 Å². The van der Waals surface area contributed by atoms with Gasteiger partial charge in [0.05, 0.1) is 60.8 Å². The van der Waals surface area contributed by atoms with E-state index in [1.54, 1.807) is 45.9 Å². The molecule has 4 heterocycles. The third-order valence-electron chi connectivity index (χ3n) is 16.5. The highest BCUT2D eigenvalue weighted by Crippen LogP contribution is 2.35. The molecule has 3 aliphatic heterocycles. The van der Waals surface area contributed by atoms with Gasteiger partial charge in [-0.1, -0.05) is 65.1 Å². The fourth-order valence-corrected chi connectivity index (χ4v) is 12.0. The minimum Gasteiger partial charge on any atom is -0.481 e. The van der Waals surface area contributed by atoms with Crippen molar-refractivity contribution in [2.45, 2.75) is 167 Å². The summed E-state index contributed by atoms with van der Waals surface area (Å²) < 4.78 is 0. The van der Waals surface area contributed by atoms with Crippen LogP contribution in [0.15, 0.2) is 33.8 Å². The van der Waals surface area contributed by atoms with Gasteiger partial charge >= 0.3 is 11.9 Å². The van der Waals surface area contributed by atoms with Crippen LogP contribution in [0.25, 0.3) is 10.9 Å². The number of fused-ring (bicyclic) bond motifs is 5. The number of carbonyl (C=O) groups excluding carboxylic acids is 13. The van der Waals surface area contributed by atoms with Crippen LogP contribution in [0.3, 0.4) is 0 Å². The molecule has 29 heteroatoms. The number of H-pyrrole nitrogens is 1. The molecular formula is C61H82ClN9O18S. The largest absolute Gasteiger partial charge is 0.481 e. The van der Waals surface area contributed by atoms with Gasteiger partial charge in [-0.2, -0.15) is 0 Å². The van der Waals surface area contributed by atoms with Crippen molar-refractivity contribution >= 4 is 122 Å². The number of aromatic amines is 1. The number of nitrogens with zero attached hydrogens (tertiary/aromatic N) is 1. The van der Waals surface area contributed by atoms with Crippen LogP contribution in [0.4, 0.5) is 0 Å². The summed E-state index contributed by atoms with van der Waals surface area (Å²) in [5.74, 6) is -16.6. The van der Waals surface area contributed by atoms with Gasteiger partial charge in [-0.25, -0.2) is 4.79 Å². The van der Waals surface area contributed by atoms with Crippen molar-refractivity contribution in [3.05, 3.63) is 39.9 Å². The Hall–Kier alpha value is -7.85. The summed E-state index contributed by atoms with van der Waals surface area (Å²) in [6.45, 7) is 7.34. The molecule has 11 N–H and O–H groups in total. The maximum Gasteiger partial charge on any atom is 0.332 e. The first kappa shape index (κ1) is 72.9. The van der Waals surface area contributed by atoms with Gasteiger partial charge < -0.3 is 62.4 Å². The number of unbranched alkanes of at least 4 members (excludes halogenated alkanes) is 1. The molecule has 1 fully saturated rings. The van der Waals surface area contributed by atoms with E-state index in [0.29, 0.717) is 52.7 Å². The lowest BCUT2D eigenvalue weighted by Gasteiger charge is -2.31. The van der Waals surface area contributed by atoms with Crippen molar-refractivity contribution in [3.8, 4) is 0 Å². The van der Waals surface area contributed by atoms with Gasteiger partial charge in [0.15, 0.2) is 17.3 Å². The number of aromatic nitrogens is 1. The van der Waals surface area contributed by atoms with Crippen molar-refractivity contribution in [3.63, 3.8) is 0 Å². The normalized spacial score (nSPS) is 23.1. The minimum absolute atomic E-state index is 0.0387. The number of aliphatic hydroxyl groups excluding tert-OH is 1. The molecule has 2 unspecified atom stereocenters. The third-order valence-corrected chi connectivity index (χ3v) is 18.1. The molecule has 492 valence electrons. The second-order valence-electron chi connectivity index (χ2n) is 23.5. The number of carboxylic acids is 2. The molecule has 1 aromatic carbocycles. The van der Waals surface area contributed by atoms with E-state index in [9.17, 15) is 82.1 Å². The average Bonchev–Trinajstić information content (AvgIpc) is 2.60. The number of nitrogens with one attached hydrogen (secondary N) is 8. The summed E-state index contributed by atoms with van der Waals surface area (Å²) in [6, 6.07) is -0.461. The van der Waals surface area contributed by atoms with E-state index < -0.39 is 187 Å². The monoisotopic (exact) mass is 1300 g/mol. The van der Waals surface area contributed by atoms with Gasteiger partial charge in [-0.05, 0) is 61.3 Å². The second kappa shape index (κ2) is 34.4. The van der Waals surface area contributed by atoms with Crippen LogP contribution in [0, 0.1) is 29.6 Å². The van der Waals surface area contributed by atoms with E-state index in [4.69, 9.17) is 16.7 Å². The Morgan fingerprint density at radius 3 is 2.06 bits per heavy atom. The summed E-state index contributed by atoms with van der Waals surface area (Å²) in [7, 11) is 0. The smallest absolute Gasteiger partial charge is 0.332 e. The number of halogens is 1. The van der Waals surface area contributed by atoms with E-state index in [1.807, 2.05) is 0 Å². The topological polar surface area (TPSA) is 420 Å². The fourth-order valence-electron chi connectivity index (χ4n) is 10.7. The standard InChI is InChI=1S/C61H82ClN9O18S/c1-7-30(3)52-47(77)21-35-20-42-41-19-34(18-39(74)25-64-54(82)32(5)17-38(73)12-10-9-11-37(72)15-16-63-57(85)51(62)33(6)61(88)89)13-14-43(41)68-59(42)90-29-44(67-48(78)26-66-58(86)53(31(4)8-2)69-49(79)27-65-55(35)83)46(76)22-36(23-50(80)81)60(87)71-28-40(75)24-45(71)56(84)70-52/h13-14,19,30-32,35-36,40,44-45,52-53,68,75H,7-12,15-18,20-29H2,1-6H3,(H,63,85)(H,64,82)(H,65,83)(H,66,86)(H,67,78)(H,69,79)(H,70,84)(H,80,81)(H,88,89)/b51-33+/t30?,31-,32?,35+,36-,40+,44-,45-,52-,53-/m0/s1. The summed E-state index contributed by atoms with van der Waals surface area (Å²) >= 11 is 6.76. The van der Waals surface area contributed by atoms with Crippen molar-refractivity contribution in [1.82, 2.24) is 47.1 Å². The number of carbonyl (C=O) groups is 15. The molecule has 10 atom stereocenters. The molecule has 0 aliphatic carbocycles. The Balaban J connectivity index is 1.43. The number of aliphatic hydroxyl groups is 1. The molecule has 1 saturated heterocycles. The lowest BCUT2D eigenvalue weighted by atomic mass is 9.86. The Kier molecular flexibility index (Phi) is 27.8. The molecule has 0 radical (unpaired) electrons. The van der Waals surface area contributed by atoms with Crippen molar-refractivity contribution in [2.24, 2.45) is 29.6 Å². The molecule has 0 spiro atoms. The first-order valence-corrected chi connectivity index (χ1v) is 31.5. The molecule has 90 heavy (non-hydrogen) atoms. The summed E-state index contributed by atoms with van der Waals surface area (Å²) in [6.07, 6.45) is -2.81. The van der Waals surface area contributed by atoms with Gasteiger partial charge in [-0.3, -0.25) is 67.1 Å². The number of thioether (sulfide) groups is 1.